The summed E-state index contributed by atoms with van der Waals surface area (Å²) in [6.07, 6.45) is 0.180. The van der Waals surface area contributed by atoms with Gasteiger partial charge in [-0.1, -0.05) is 12.1 Å². The number of phenols is 1. The largest absolute Gasteiger partial charge is 0.508 e. The Morgan fingerprint density at radius 2 is 2.00 bits per heavy atom. The van der Waals surface area contributed by atoms with Crippen LogP contribution in [-0.4, -0.2) is 18.1 Å². The maximum absolute atomic E-state index is 12.1. The summed E-state index contributed by atoms with van der Waals surface area (Å²) in [5.74, 6) is 0.600. The van der Waals surface area contributed by atoms with Crippen LogP contribution >= 0.6 is 31.9 Å². The molecule has 0 aliphatic carbocycles. The summed E-state index contributed by atoms with van der Waals surface area (Å²) in [6.45, 7) is 0. The van der Waals surface area contributed by atoms with Gasteiger partial charge in [0, 0.05) is 10.5 Å². The number of benzene rings is 2. The molecule has 110 valence electrons. The highest BCUT2D eigenvalue weighted by atomic mass is 79.9. The molecule has 2 N–H and O–H groups in total. The normalized spacial score (nSPS) is 10.2. The van der Waals surface area contributed by atoms with Gasteiger partial charge in [0.15, 0.2) is 0 Å². The predicted octanol–water partition coefficient (Wildman–Crippen LogP) is 4.11. The van der Waals surface area contributed by atoms with Crippen LogP contribution in [0.3, 0.4) is 0 Å². The average molecular weight is 415 g/mol. The second kappa shape index (κ2) is 6.95. The van der Waals surface area contributed by atoms with Crippen molar-refractivity contribution in [2.75, 3.05) is 12.4 Å². The topological polar surface area (TPSA) is 58.6 Å². The minimum absolute atomic E-state index is 0.145. The number of nitrogens with one attached hydrogen (secondary N) is 1. The lowest BCUT2D eigenvalue weighted by molar-refractivity contribution is -0.115. The molecule has 0 fully saturated rings. The van der Waals surface area contributed by atoms with E-state index in [1.54, 1.807) is 37.4 Å². The Morgan fingerprint density at radius 1 is 1.24 bits per heavy atom. The van der Waals surface area contributed by atoms with Gasteiger partial charge in [0.05, 0.1) is 23.7 Å². The Morgan fingerprint density at radius 3 is 2.67 bits per heavy atom. The average Bonchev–Trinajstić information content (AvgIpc) is 2.41. The molecule has 21 heavy (non-hydrogen) atoms. The van der Waals surface area contributed by atoms with E-state index in [1.165, 1.54) is 0 Å². The zero-order chi connectivity index (χ0) is 15.4. The van der Waals surface area contributed by atoms with Gasteiger partial charge in [-0.15, -0.1) is 0 Å². The molecular weight excluding hydrogens is 402 g/mol. The van der Waals surface area contributed by atoms with Gasteiger partial charge >= 0.3 is 0 Å². The van der Waals surface area contributed by atoms with Crippen molar-refractivity contribution in [2.45, 2.75) is 6.42 Å². The van der Waals surface area contributed by atoms with E-state index >= 15 is 0 Å². The van der Waals surface area contributed by atoms with Crippen LogP contribution < -0.4 is 10.1 Å². The molecule has 0 bridgehead atoms. The molecule has 0 radical (unpaired) electrons. The molecule has 0 saturated carbocycles. The van der Waals surface area contributed by atoms with Gasteiger partial charge in [-0.3, -0.25) is 4.79 Å². The maximum atomic E-state index is 12.1. The zero-order valence-corrected chi connectivity index (χ0v) is 14.4. The lowest BCUT2D eigenvalue weighted by Crippen LogP contribution is -2.14. The summed E-state index contributed by atoms with van der Waals surface area (Å²) in [5.41, 5.74) is 1.37. The minimum atomic E-state index is -0.175. The van der Waals surface area contributed by atoms with E-state index in [2.05, 4.69) is 37.2 Å². The Hall–Kier alpha value is -1.53. The van der Waals surface area contributed by atoms with Crippen molar-refractivity contribution < 1.29 is 14.6 Å². The Bertz CT molecular complexity index is 674. The van der Waals surface area contributed by atoms with E-state index in [-0.39, 0.29) is 18.1 Å². The van der Waals surface area contributed by atoms with Gasteiger partial charge in [0.25, 0.3) is 0 Å². The number of hydrogen-bond acceptors (Lipinski definition) is 3. The van der Waals surface area contributed by atoms with Crippen LogP contribution in [-0.2, 0) is 11.2 Å². The summed E-state index contributed by atoms with van der Waals surface area (Å²) in [7, 11) is 1.56. The quantitative estimate of drug-likeness (QED) is 0.791. The minimum Gasteiger partial charge on any atom is -0.508 e. The highest BCUT2D eigenvalue weighted by Crippen LogP contribution is 2.34. The van der Waals surface area contributed by atoms with Gasteiger partial charge in [-0.05, 0) is 55.6 Å². The van der Waals surface area contributed by atoms with Gasteiger partial charge in [0.2, 0.25) is 5.91 Å². The molecule has 2 aromatic carbocycles. The summed E-state index contributed by atoms with van der Waals surface area (Å²) in [6, 6.07) is 10.2. The first-order valence-electron chi connectivity index (χ1n) is 6.10. The lowest BCUT2D eigenvalue weighted by atomic mass is 10.1. The molecule has 0 unspecified atom stereocenters. The van der Waals surface area contributed by atoms with E-state index in [0.717, 1.165) is 14.5 Å². The van der Waals surface area contributed by atoms with Crippen LogP contribution in [0.25, 0.3) is 0 Å². The number of hydrogen-bond donors (Lipinski definition) is 2. The Balaban J connectivity index is 2.12. The van der Waals surface area contributed by atoms with Crippen LogP contribution in [0.5, 0.6) is 11.5 Å². The standard InChI is InChI=1S/C15H13Br2NO3/c1-21-14-8-13(11(16)7-12(14)17)18-15(20)6-9-3-2-4-10(19)5-9/h2-5,7-8,19H,6H2,1H3,(H,18,20). The second-order valence-corrected chi connectivity index (χ2v) is 6.07. The molecule has 0 aliphatic heterocycles. The van der Waals surface area contributed by atoms with E-state index in [1.807, 2.05) is 6.07 Å². The van der Waals surface area contributed by atoms with E-state index < -0.39 is 0 Å². The molecule has 0 heterocycles. The van der Waals surface area contributed by atoms with E-state index in [4.69, 9.17) is 4.74 Å². The first-order valence-corrected chi connectivity index (χ1v) is 7.69. The summed E-state index contributed by atoms with van der Waals surface area (Å²) >= 11 is 6.77. The maximum Gasteiger partial charge on any atom is 0.228 e. The smallest absolute Gasteiger partial charge is 0.228 e. The number of aromatic hydroxyl groups is 1. The third kappa shape index (κ3) is 4.22. The molecule has 0 aromatic heterocycles. The van der Waals surface area contributed by atoms with Crippen molar-refractivity contribution in [1.29, 1.82) is 0 Å². The van der Waals surface area contributed by atoms with Crippen LogP contribution in [0.1, 0.15) is 5.56 Å². The SMILES string of the molecule is COc1cc(NC(=O)Cc2cccc(O)c2)c(Br)cc1Br. The molecule has 6 heteroatoms. The molecule has 0 saturated heterocycles. The van der Waals surface area contributed by atoms with Crippen molar-refractivity contribution in [3.8, 4) is 11.5 Å². The van der Waals surface area contributed by atoms with Crippen molar-refractivity contribution >= 4 is 43.5 Å². The molecule has 2 aromatic rings. The summed E-state index contributed by atoms with van der Waals surface area (Å²) in [4.78, 5) is 12.1. The number of carbonyl (C=O) groups excluding carboxylic acids is 1. The number of amides is 1. The molecular formula is C15H13Br2NO3. The fraction of sp³-hybridized carbons (Fsp3) is 0.133. The summed E-state index contributed by atoms with van der Waals surface area (Å²) in [5, 5.41) is 12.2. The fourth-order valence-corrected chi connectivity index (χ4v) is 3.08. The summed E-state index contributed by atoms with van der Waals surface area (Å²) < 4.78 is 6.75. The zero-order valence-electron chi connectivity index (χ0n) is 11.2. The van der Waals surface area contributed by atoms with E-state index in [9.17, 15) is 9.90 Å². The number of phenolic OH excluding ortho intramolecular Hbond substituents is 1. The molecule has 4 nitrogen and oxygen atoms in total. The van der Waals surface area contributed by atoms with Crippen LogP contribution in [0.2, 0.25) is 0 Å². The van der Waals surface area contributed by atoms with Gasteiger partial charge in [0.1, 0.15) is 11.5 Å². The Kier molecular flexibility index (Phi) is 5.25. The molecule has 1 amide bonds. The number of rotatable bonds is 4. The van der Waals surface area contributed by atoms with Crippen molar-refractivity contribution in [3.63, 3.8) is 0 Å². The molecule has 0 atom stereocenters. The third-order valence-corrected chi connectivity index (χ3v) is 4.07. The number of ether oxygens (including phenoxy) is 1. The number of methoxy groups -OCH3 is 1. The number of anilines is 1. The first kappa shape index (κ1) is 15.9. The van der Waals surface area contributed by atoms with Crippen molar-refractivity contribution in [2.24, 2.45) is 0 Å². The molecule has 0 aliphatic rings. The van der Waals surface area contributed by atoms with Gasteiger partial charge < -0.3 is 15.2 Å². The van der Waals surface area contributed by atoms with Crippen LogP contribution in [0, 0.1) is 0 Å². The second-order valence-electron chi connectivity index (χ2n) is 4.36. The number of carbonyl (C=O) groups is 1. The van der Waals surface area contributed by atoms with Gasteiger partial charge in [-0.2, -0.15) is 0 Å². The number of halogens is 2. The predicted molar refractivity (Wildman–Crippen MR) is 88.8 cm³/mol. The first-order chi connectivity index (χ1) is 9.99. The Labute approximate surface area is 139 Å². The van der Waals surface area contributed by atoms with Gasteiger partial charge in [-0.25, -0.2) is 0 Å². The van der Waals surface area contributed by atoms with Crippen LogP contribution in [0.4, 0.5) is 5.69 Å². The molecule has 2 rings (SSSR count). The third-order valence-electron chi connectivity index (χ3n) is 2.79. The highest BCUT2D eigenvalue weighted by molar-refractivity contribution is 9.11. The van der Waals surface area contributed by atoms with Crippen LogP contribution in [0.15, 0.2) is 45.3 Å². The lowest BCUT2D eigenvalue weighted by Gasteiger charge is -2.11. The monoisotopic (exact) mass is 413 g/mol. The van der Waals surface area contributed by atoms with Crippen molar-refractivity contribution in [3.05, 3.63) is 50.9 Å². The fourth-order valence-electron chi connectivity index (χ4n) is 1.83. The highest BCUT2D eigenvalue weighted by Gasteiger charge is 2.11. The van der Waals surface area contributed by atoms with Crippen molar-refractivity contribution in [1.82, 2.24) is 0 Å². The van der Waals surface area contributed by atoms with E-state index in [0.29, 0.717) is 11.4 Å². The molecule has 0 spiro atoms.